The second kappa shape index (κ2) is 7.60. The lowest BCUT2D eigenvalue weighted by atomic mass is 10.1. The fraction of sp³-hybridized carbons (Fsp3) is 0.273. The Labute approximate surface area is 169 Å². The van der Waals surface area contributed by atoms with Gasteiger partial charge in [0.25, 0.3) is 0 Å². The van der Waals surface area contributed by atoms with E-state index in [1.807, 2.05) is 54.8 Å². The predicted octanol–water partition coefficient (Wildman–Crippen LogP) is 3.16. The number of hydrogen-bond donors (Lipinski definition) is 1. The van der Waals surface area contributed by atoms with Crippen molar-refractivity contribution in [3.05, 3.63) is 61.4 Å². The van der Waals surface area contributed by atoms with Gasteiger partial charge in [0.15, 0.2) is 5.82 Å². The summed E-state index contributed by atoms with van der Waals surface area (Å²) in [5.74, 6) is 0.710. The Morgan fingerprint density at radius 2 is 1.72 bits per heavy atom. The van der Waals surface area contributed by atoms with Crippen LogP contribution in [0.2, 0.25) is 0 Å². The molecule has 1 aliphatic heterocycles. The highest BCUT2D eigenvalue weighted by atomic mass is 15.3. The molecule has 1 atom stereocenters. The molecule has 29 heavy (non-hydrogen) atoms. The molecule has 0 amide bonds. The van der Waals surface area contributed by atoms with E-state index in [-0.39, 0.29) is 0 Å². The molecule has 1 aromatic carbocycles. The van der Waals surface area contributed by atoms with E-state index in [0.29, 0.717) is 11.9 Å². The Balaban J connectivity index is 1.35. The van der Waals surface area contributed by atoms with E-state index >= 15 is 0 Å². The van der Waals surface area contributed by atoms with Crippen LogP contribution in [0.1, 0.15) is 12.8 Å². The van der Waals surface area contributed by atoms with Crippen LogP contribution in [0.25, 0.3) is 33.6 Å². The van der Waals surface area contributed by atoms with E-state index in [1.54, 1.807) is 4.68 Å². The number of nitrogens with zero attached hydrogens (tertiary/aromatic N) is 6. The van der Waals surface area contributed by atoms with E-state index in [2.05, 4.69) is 43.8 Å². The lowest BCUT2D eigenvalue weighted by Crippen LogP contribution is -2.26. The van der Waals surface area contributed by atoms with E-state index in [1.165, 1.54) is 12.8 Å². The van der Waals surface area contributed by atoms with Gasteiger partial charge in [-0.2, -0.15) is 10.2 Å². The molecule has 5 rings (SSSR count). The fourth-order valence-electron chi connectivity index (χ4n) is 3.79. The molecule has 7 nitrogen and oxygen atoms in total. The topological polar surface area (TPSA) is 73.5 Å². The third-order valence-corrected chi connectivity index (χ3v) is 5.35. The molecule has 0 spiro atoms. The van der Waals surface area contributed by atoms with Crippen molar-refractivity contribution in [3.8, 4) is 33.6 Å². The predicted molar refractivity (Wildman–Crippen MR) is 112 cm³/mol. The van der Waals surface area contributed by atoms with Crippen molar-refractivity contribution in [3.63, 3.8) is 0 Å². The molecule has 1 aliphatic rings. The summed E-state index contributed by atoms with van der Waals surface area (Å²) in [6.45, 7) is 2.01. The molecular weight excluding hydrogens is 362 g/mol. The lowest BCUT2D eigenvalue weighted by molar-refractivity contribution is 0.476. The van der Waals surface area contributed by atoms with Crippen LogP contribution in [0.3, 0.4) is 0 Å². The van der Waals surface area contributed by atoms with Crippen molar-refractivity contribution in [1.29, 1.82) is 0 Å². The van der Waals surface area contributed by atoms with Crippen molar-refractivity contribution >= 4 is 0 Å². The van der Waals surface area contributed by atoms with Gasteiger partial charge in [-0.25, -0.2) is 9.97 Å². The summed E-state index contributed by atoms with van der Waals surface area (Å²) < 4.78 is 3.81. The van der Waals surface area contributed by atoms with E-state index < -0.39 is 0 Å². The molecule has 146 valence electrons. The summed E-state index contributed by atoms with van der Waals surface area (Å²) in [6, 6.07) is 8.74. The van der Waals surface area contributed by atoms with Gasteiger partial charge in [-0.05, 0) is 31.0 Å². The zero-order chi connectivity index (χ0) is 19.6. The molecule has 1 N–H and O–H groups in total. The normalized spacial score (nSPS) is 16.4. The maximum atomic E-state index is 4.60. The molecule has 4 heterocycles. The number of aryl methyl sites for hydroxylation is 1. The van der Waals surface area contributed by atoms with Crippen molar-refractivity contribution in [2.45, 2.75) is 25.4 Å². The van der Waals surface area contributed by atoms with Gasteiger partial charge in [0, 0.05) is 60.1 Å². The minimum atomic E-state index is 0.522. The summed E-state index contributed by atoms with van der Waals surface area (Å²) in [4.78, 5) is 9.19. The third-order valence-electron chi connectivity index (χ3n) is 5.35. The molecule has 1 fully saturated rings. The highest BCUT2D eigenvalue weighted by Crippen LogP contribution is 2.25. The Morgan fingerprint density at radius 1 is 0.931 bits per heavy atom. The van der Waals surface area contributed by atoms with Crippen molar-refractivity contribution in [1.82, 2.24) is 34.8 Å². The second-order valence-corrected chi connectivity index (χ2v) is 7.52. The highest BCUT2D eigenvalue weighted by Gasteiger charge is 2.15. The van der Waals surface area contributed by atoms with Gasteiger partial charge in [0.05, 0.1) is 18.9 Å². The minimum absolute atomic E-state index is 0.522. The van der Waals surface area contributed by atoms with Crippen molar-refractivity contribution in [2.75, 3.05) is 6.54 Å². The molecule has 0 aliphatic carbocycles. The summed E-state index contributed by atoms with van der Waals surface area (Å²) >= 11 is 0. The molecule has 0 radical (unpaired) electrons. The average Bonchev–Trinajstić information content (AvgIpc) is 3.51. The first-order valence-electron chi connectivity index (χ1n) is 9.92. The Kier molecular flexibility index (Phi) is 4.65. The van der Waals surface area contributed by atoms with Crippen LogP contribution >= 0.6 is 0 Å². The molecule has 0 saturated carbocycles. The lowest BCUT2D eigenvalue weighted by Gasteiger charge is -2.09. The van der Waals surface area contributed by atoms with Crippen molar-refractivity contribution < 1.29 is 0 Å². The summed E-state index contributed by atoms with van der Waals surface area (Å²) in [6.07, 6.45) is 14.0. The smallest absolute Gasteiger partial charge is 0.159 e. The molecule has 7 heteroatoms. The summed E-state index contributed by atoms with van der Waals surface area (Å²) in [7, 11) is 1.92. The quantitative estimate of drug-likeness (QED) is 0.571. The molecule has 4 aromatic rings. The van der Waals surface area contributed by atoms with Gasteiger partial charge in [-0.1, -0.05) is 18.2 Å². The molecular formula is C22H23N7. The van der Waals surface area contributed by atoms with Gasteiger partial charge in [0.2, 0.25) is 0 Å². The third kappa shape index (κ3) is 3.82. The monoisotopic (exact) mass is 385 g/mol. The standard InChI is InChI=1S/C22H23N7/c1-28-13-19(11-26-28)16-4-2-5-17(8-16)22-24-9-18(10-25-22)20-12-27-29(14-20)15-21-6-3-7-23-21/h2,4-5,8-14,21,23H,3,6-7,15H2,1H3/t21-/m1/s1. The Bertz CT molecular complexity index is 1100. The van der Waals surface area contributed by atoms with E-state index in [4.69, 9.17) is 0 Å². The first-order chi connectivity index (χ1) is 14.2. The fourth-order valence-corrected chi connectivity index (χ4v) is 3.79. The Hall–Kier alpha value is -3.32. The first kappa shape index (κ1) is 17.8. The molecule has 3 aromatic heterocycles. The highest BCUT2D eigenvalue weighted by molar-refractivity contribution is 5.70. The van der Waals surface area contributed by atoms with Gasteiger partial charge in [-0.15, -0.1) is 0 Å². The number of aromatic nitrogens is 6. The largest absolute Gasteiger partial charge is 0.312 e. The van der Waals surface area contributed by atoms with Crippen LogP contribution in [0.5, 0.6) is 0 Å². The second-order valence-electron chi connectivity index (χ2n) is 7.52. The van der Waals surface area contributed by atoms with E-state index in [0.717, 1.165) is 40.9 Å². The van der Waals surface area contributed by atoms with Gasteiger partial charge >= 0.3 is 0 Å². The summed E-state index contributed by atoms with van der Waals surface area (Å²) in [5, 5.41) is 12.3. The number of nitrogens with one attached hydrogen (secondary N) is 1. The van der Waals surface area contributed by atoms with Crippen LogP contribution in [-0.2, 0) is 13.6 Å². The first-order valence-corrected chi connectivity index (χ1v) is 9.92. The van der Waals surface area contributed by atoms with Gasteiger partial charge < -0.3 is 5.32 Å². The number of hydrogen-bond acceptors (Lipinski definition) is 5. The SMILES string of the molecule is Cn1cc(-c2cccc(-c3ncc(-c4cnn(C[C@H]5CCCN5)c4)cn3)c2)cn1. The van der Waals surface area contributed by atoms with Crippen LogP contribution in [0, 0.1) is 0 Å². The average molecular weight is 385 g/mol. The van der Waals surface area contributed by atoms with Crippen LogP contribution < -0.4 is 5.32 Å². The number of rotatable bonds is 5. The molecule has 1 saturated heterocycles. The minimum Gasteiger partial charge on any atom is -0.312 e. The van der Waals surface area contributed by atoms with Crippen molar-refractivity contribution in [2.24, 2.45) is 7.05 Å². The zero-order valence-corrected chi connectivity index (χ0v) is 16.4. The maximum absolute atomic E-state index is 4.60. The van der Waals surface area contributed by atoms with Crippen LogP contribution in [-0.4, -0.2) is 42.1 Å². The zero-order valence-electron chi connectivity index (χ0n) is 16.4. The van der Waals surface area contributed by atoms with Gasteiger partial charge in [-0.3, -0.25) is 9.36 Å². The maximum Gasteiger partial charge on any atom is 0.159 e. The Morgan fingerprint density at radius 3 is 2.48 bits per heavy atom. The number of benzene rings is 1. The molecule has 0 unspecified atom stereocenters. The van der Waals surface area contributed by atoms with Crippen LogP contribution in [0.15, 0.2) is 61.4 Å². The van der Waals surface area contributed by atoms with Gasteiger partial charge in [0.1, 0.15) is 0 Å². The summed E-state index contributed by atoms with van der Waals surface area (Å²) in [5.41, 5.74) is 5.18. The molecule has 0 bridgehead atoms. The van der Waals surface area contributed by atoms with E-state index in [9.17, 15) is 0 Å². The van der Waals surface area contributed by atoms with Crippen LogP contribution in [0.4, 0.5) is 0 Å².